The molecule has 174 valence electrons. The Balaban J connectivity index is 1.72. The number of anilines is 1. The van der Waals surface area contributed by atoms with E-state index in [1.165, 1.54) is 7.11 Å². The van der Waals surface area contributed by atoms with Crippen molar-refractivity contribution in [1.82, 2.24) is 15.2 Å². The highest BCUT2D eigenvalue weighted by molar-refractivity contribution is 6.30. The lowest BCUT2D eigenvalue weighted by Crippen LogP contribution is -2.53. The number of aromatic nitrogens is 1. The molecule has 1 saturated heterocycles. The van der Waals surface area contributed by atoms with E-state index in [2.05, 4.69) is 20.4 Å². The molecule has 2 N–H and O–H groups in total. The van der Waals surface area contributed by atoms with Gasteiger partial charge in [0.05, 0.1) is 19.9 Å². The lowest BCUT2D eigenvalue weighted by Gasteiger charge is -2.39. The normalized spacial score (nSPS) is 19.4. The number of rotatable bonds is 8. The molecule has 1 aromatic heterocycles. The van der Waals surface area contributed by atoms with Crippen molar-refractivity contribution in [2.45, 2.75) is 24.3 Å². The Morgan fingerprint density at radius 1 is 1.25 bits per heavy atom. The second-order valence-corrected chi connectivity index (χ2v) is 8.19. The molecule has 0 aliphatic carbocycles. The quantitative estimate of drug-likeness (QED) is 0.612. The van der Waals surface area contributed by atoms with Gasteiger partial charge in [0.15, 0.2) is 0 Å². The highest BCUT2D eigenvalue weighted by Gasteiger charge is 2.38. The van der Waals surface area contributed by atoms with Crippen molar-refractivity contribution in [3.8, 4) is 5.75 Å². The number of methoxy groups -OCH3 is 2. The number of carbonyl (C=O) groups excluding carboxylic acids is 1. The molecule has 0 saturated carbocycles. The third-order valence-electron chi connectivity index (χ3n) is 5.30. The number of ether oxygens (including phenoxy) is 2. The molecular formula is C22H27ClF2N4O3. The summed E-state index contributed by atoms with van der Waals surface area (Å²) >= 11 is 5.88. The molecular weight excluding hydrogens is 442 g/mol. The van der Waals surface area contributed by atoms with E-state index < -0.39 is 19.1 Å². The maximum absolute atomic E-state index is 14.1. The lowest BCUT2D eigenvalue weighted by molar-refractivity contribution is -0.0881. The first-order chi connectivity index (χ1) is 15.3. The molecule has 10 heteroatoms. The SMILES string of the molecule is COCC(F)(F)CN1CC[C@@H](NC(=O)Nc2ccc(Cl)cc2)[C@H](c2ccc(OC)cn2)C1. The summed E-state index contributed by atoms with van der Waals surface area (Å²) in [7, 11) is 2.80. The summed E-state index contributed by atoms with van der Waals surface area (Å²) in [4.78, 5) is 18.7. The number of likely N-dealkylation sites (tertiary alicyclic amines) is 1. The Morgan fingerprint density at radius 2 is 2.00 bits per heavy atom. The van der Waals surface area contributed by atoms with Gasteiger partial charge in [-0.1, -0.05) is 11.6 Å². The minimum Gasteiger partial charge on any atom is -0.495 e. The van der Waals surface area contributed by atoms with E-state index in [0.717, 1.165) is 0 Å². The van der Waals surface area contributed by atoms with Gasteiger partial charge < -0.3 is 20.1 Å². The number of alkyl halides is 2. The molecule has 2 heterocycles. The average Bonchev–Trinajstić information content (AvgIpc) is 2.76. The summed E-state index contributed by atoms with van der Waals surface area (Å²) in [6, 6.07) is 9.66. The fourth-order valence-electron chi connectivity index (χ4n) is 3.82. The average molecular weight is 469 g/mol. The van der Waals surface area contributed by atoms with Crippen LogP contribution in [-0.4, -0.2) is 68.3 Å². The standard InChI is InChI=1S/C22H27ClF2N4O3/c1-31-14-22(24,25)13-29-10-9-20(18(12-29)19-8-7-17(32-2)11-26-19)28-21(30)27-16-5-3-15(23)4-6-16/h3-8,11,18,20H,9-10,12-14H2,1-2H3,(H2,27,28,30)/t18-,20+/m0/s1. The van der Waals surface area contributed by atoms with Crippen molar-refractivity contribution in [2.75, 3.05) is 45.8 Å². The van der Waals surface area contributed by atoms with Crippen LogP contribution in [0.5, 0.6) is 5.75 Å². The van der Waals surface area contributed by atoms with Gasteiger partial charge in [-0.2, -0.15) is 0 Å². The van der Waals surface area contributed by atoms with Gasteiger partial charge in [-0.3, -0.25) is 9.88 Å². The minimum atomic E-state index is -2.96. The molecule has 1 aromatic carbocycles. The van der Waals surface area contributed by atoms with Crippen molar-refractivity contribution in [1.29, 1.82) is 0 Å². The van der Waals surface area contributed by atoms with E-state index in [4.69, 9.17) is 16.3 Å². The number of amides is 2. The minimum absolute atomic E-state index is 0.274. The van der Waals surface area contributed by atoms with Crippen LogP contribution in [0.4, 0.5) is 19.3 Å². The molecule has 32 heavy (non-hydrogen) atoms. The highest BCUT2D eigenvalue weighted by Crippen LogP contribution is 2.29. The molecule has 3 rings (SSSR count). The van der Waals surface area contributed by atoms with Crippen LogP contribution >= 0.6 is 11.6 Å². The first-order valence-electron chi connectivity index (χ1n) is 10.2. The van der Waals surface area contributed by atoms with Gasteiger partial charge >= 0.3 is 6.03 Å². The number of benzene rings is 1. The summed E-state index contributed by atoms with van der Waals surface area (Å²) < 4.78 is 38.1. The number of carbonyl (C=O) groups is 1. The van der Waals surface area contributed by atoms with Crippen molar-refractivity contribution >= 4 is 23.3 Å². The van der Waals surface area contributed by atoms with Gasteiger partial charge in [-0.15, -0.1) is 0 Å². The Morgan fingerprint density at radius 3 is 2.62 bits per heavy atom. The summed E-state index contributed by atoms with van der Waals surface area (Å²) in [5, 5.41) is 6.32. The van der Waals surface area contributed by atoms with E-state index >= 15 is 0 Å². The van der Waals surface area contributed by atoms with E-state index in [1.54, 1.807) is 54.6 Å². The van der Waals surface area contributed by atoms with Crippen LogP contribution in [0.2, 0.25) is 5.02 Å². The van der Waals surface area contributed by atoms with Crippen LogP contribution in [-0.2, 0) is 4.74 Å². The summed E-state index contributed by atoms with van der Waals surface area (Å²) in [6.07, 6.45) is 2.08. The molecule has 0 radical (unpaired) electrons. The molecule has 2 atom stereocenters. The zero-order valence-electron chi connectivity index (χ0n) is 18.0. The van der Waals surface area contributed by atoms with Crippen molar-refractivity contribution in [3.63, 3.8) is 0 Å². The van der Waals surface area contributed by atoms with Crippen LogP contribution in [0.25, 0.3) is 0 Å². The molecule has 1 fully saturated rings. The van der Waals surface area contributed by atoms with Crippen molar-refractivity contribution in [3.05, 3.63) is 53.3 Å². The first kappa shape index (κ1) is 24.2. The van der Waals surface area contributed by atoms with Crippen LogP contribution in [0.1, 0.15) is 18.0 Å². The predicted molar refractivity (Wildman–Crippen MR) is 119 cm³/mol. The molecule has 7 nitrogen and oxygen atoms in total. The summed E-state index contributed by atoms with van der Waals surface area (Å²) in [5.41, 5.74) is 1.30. The number of nitrogens with one attached hydrogen (secondary N) is 2. The van der Waals surface area contributed by atoms with E-state index in [0.29, 0.717) is 41.7 Å². The Kier molecular flexibility index (Phi) is 8.22. The molecule has 0 bridgehead atoms. The van der Waals surface area contributed by atoms with Crippen LogP contribution in [0, 0.1) is 0 Å². The van der Waals surface area contributed by atoms with Crippen molar-refractivity contribution in [2.24, 2.45) is 0 Å². The van der Waals surface area contributed by atoms with E-state index in [9.17, 15) is 13.6 Å². The Hall–Kier alpha value is -2.49. The number of hydrogen-bond donors (Lipinski definition) is 2. The summed E-state index contributed by atoms with van der Waals surface area (Å²) in [6.45, 7) is -0.320. The zero-order valence-corrected chi connectivity index (χ0v) is 18.7. The fraction of sp³-hybridized carbons (Fsp3) is 0.455. The molecule has 0 spiro atoms. The number of pyridine rings is 1. The topological polar surface area (TPSA) is 75.7 Å². The van der Waals surface area contributed by atoms with Crippen LogP contribution in [0.3, 0.4) is 0 Å². The largest absolute Gasteiger partial charge is 0.495 e. The zero-order chi connectivity index (χ0) is 23.1. The molecule has 1 aliphatic rings. The molecule has 2 aromatic rings. The number of piperidine rings is 1. The third-order valence-corrected chi connectivity index (χ3v) is 5.55. The summed E-state index contributed by atoms with van der Waals surface area (Å²) in [5.74, 6) is -2.64. The number of halogens is 3. The number of hydrogen-bond acceptors (Lipinski definition) is 5. The van der Waals surface area contributed by atoms with Gasteiger partial charge in [0, 0.05) is 48.6 Å². The van der Waals surface area contributed by atoms with E-state index in [-0.39, 0.29) is 18.0 Å². The molecule has 1 aliphatic heterocycles. The van der Waals surface area contributed by atoms with Gasteiger partial charge in [0.25, 0.3) is 5.92 Å². The van der Waals surface area contributed by atoms with Gasteiger partial charge in [0.2, 0.25) is 0 Å². The lowest BCUT2D eigenvalue weighted by atomic mass is 9.88. The third kappa shape index (κ3) is 6.75. The van der Waals surface area contributed by atoms with Gasteiger partial charge in [-0.25, -0.2) is 13.6 Å². The monoisotopic (exact) mass is 468 g/mol. The maximum atomic E-state index is 14.1. The van der Waals surface area contributed by atoms with Gasteiger partial charge in [-0.05, 0) is 42.8 Å². The number of nitrogens with zero attached hydrogens (tertiary/aromatic N) is 2. The Bertz CT molecular complexity index is 884. The predicted octanol–water partition coefficient (Wildman–Crippen LogP) is 4.00. The van der Waals surface area contributed by atoms with Crippen LogP contribution < -0.4 is 15.4 Å². The smallest absolute Gasteiger partial charge is 0.319 e. The van der Waals surface area contributed by atoms with Crippen molar-refractivity contribution < 1.29 is 23.0 Å². The second kappa shape index (κ2) is 10.9. The first-order valence-corrected chi connectivity index (χ1v) is 10.6. The highest BCUT2D eigenvalue weighted by atomic mass is 35.5. The Labute approximate surface area is 191 Å². The maximum Gasteiger partial charge on any atom is 0.319 e. The number of urea groups is 1. The molecule has 2 amide bonds. The second-order valence-electron chi connectivity index (χ2n) is 7.75. The van der Waals surface area contributed by atoms with E-state index in [1.807, 2.05) is 0 Å². The van der Waals surface area contributed by atoms with Crippen LogP contribution in [0.15, 0.2) is 42.6 Å². The fourth-order valence-corrected chi connectivity index (χ4v) is 3.95. The van der Waals surface area contributed by atoms with Gasteiger partial charge in [0.1, 0.15) is 12.4 Å². The molecule has 0 unspecified atom stereocenters.